The predicted molar refractivity (Wildman–Crippen MR) is 93.0 cm³/mol. The lowest BCUT2D eigenvalue weighted by Crippen LogP contribution is -2.14. The molecule has 0 radical (unpaired) electrons. The van der Waals surface area contributed by atoms with Crippen LogP contribution in [0.1, 0.15) is 16.7 Å². The summed E-state index contributed by atoms with van der Waals surface area (Å²) in [7, 11) is 0. The van der Waals surface area contributed by atoms with Crippen LogP contribution >= 0.6 is 0 Å². The maximum absolute atomic E-state index is 12.9. The topological polar surface area (TPSA) is 64.9 Å². The van der Waals surface area contributed by atoms with Gasteiger partial charge in [-0.25, -0.2) is 4.39 Å². The molecule has 0 saturated carbocycles. The molecule has 0 atom stereocenters. The van der Waals surface area contributed by atoms with Gasteiger partial charge in [0, 0.05) is 17.6 Å². The molecule has 2 aromatic carbocycles. The number of halogens is 1. The lowest BCUT2D eigenvalue weighted by atomic mass is 10.1. The van der Waals surface area contributed by atoms with Crippen molar-refractivity contribution in [3.63, 3.8) is 0 Å². The van der Waals surface area contributed by atoms with E-state index in [1.54, 1.807) is 0 Å². The van der Waals surface area contributed by atoms with Crippen LogP contribution in [0.3, 0.4) is 0 Å². The second-order valence-corrected chi connectivity index (χ2v) is 5.55. The monoisotopic (exact) mass is 323 g/mol. The molecular formula is C19H18FN3O. The van der Waals surface area contributed by atoms with Crippen molar-refractivity contribution in [3.05, 3.63) is 70.7 Å². The van der Waals surface area contributed by atoms with E-state index in [2.05, 4.69) is 10.6 Å². The van der Waals surface area contributed by atoms with Crippen molar-refractivity contribution in [2.24, 2.45) is 0 Å². The molecule has 0 saturated heterocycles. The Morgan fingerprint density at radius 2 is 1.71 bits per heavy atom. The Balaban J connectivity index is 2.16. The molecule has 0 aliphatic rings. The van der Waals surface area contributed by atoms with E-state index >= 15 is 0 Å². The third-order valence-corrected chi connectivity index (χ3v) is 3.51. The van der Waals surface area contributed by atoms with Crippen molar-refractivity contribution in [1.29, 1.82) is 5.26 Å². The molecule has 2 rings (SSSR count). The summed E-state index contributed by atoms with van der Waals surface area (Å²) in [4.78, 5) is 12.1. The Bertz CT molecular complexity index is 810. The summed E-state index contributed by atoms with van der Waals surface area (Å²) in [6.07, 6.45) is 1.38. The number of hydrogen-bond donors (Lipinski definition) is 2. The Morgan fingerprint density at radius 1 is 1.12 bits per heavy atom. The quantitative estimate of drug-likeness (QED) is 0.654. The molecule has 0 spiro atoms. The summed E-state index contributed by atoms with van der Waals surface area (Å²) in [6.45, 7) is 5.93. The number of benzene rings is 2. The molecule has 0 aliphatic heterocycles. The number of rotatable bonds is 4. The summed E-state index contributed by atoms with van der Waals surface area (Å²) in [5.74, 6) is -0.949. The lowest BCUT2D eigenvalue weighted by molar-refractivity contribution is -0.112. The van der Waals surface area contributed by atoms with Gasteiger partial charge in [0.2, 0.25) is 0 Å². The number of nitrogens with one attached hydrogen (secondary N) is 2. The van der Waals surface area contributed by atoms with Gasteiger partial charge in [-0.1, -0.05) is 17.7 Å². The fourth-order valence-corrected chi connectivity index (χ4v) is 2.43. The third kappa shape index (κ3) is 4.20. The fourth-order valence-electron chi connectivity index (χ4n) is 2.43. The van der Waals surface area contributed by atoms with Crippen LogP contribution in [0.4, 0.5) is 15.8 Å². The zero-order valence-electron chi connectivity index (χ0n) is 13.8. The molecule has 0 aromatic heterocycles. The zero-order chi connectivity index (χ0) is 17.7. The highest BCUT2D eigenvalue weighted by molar-refractivity contribution is 6.06. The molecule has 2 N–H and O–H groups in total. The second kappa shape index (κ2) is 7.42. The number of nitriles is 1. The van der Waals surface area contributed by atoms with Gasteiger partial charge in [0.15, 0.2) is 0 Å². The molecule has 4 nitrogen and oxygen atoms in total. The Morgan fingerprint density at radius 3 is 2.25 bits per heavy atom. The van der Waals surface area contributed by atoms with Gasteiger partial charge < -0.3 is 10.6 Å². The molecule has 122 valence electrons. The first kappa shape index (κ1) is 17.2. The molecule has 5 heteroatoms. The molecule has 0 aliphatic carbocycles. The first-order chi connectivity index (χ1) is 11.4. The van der Waals surface area contributed by atoms with E-state index in [4.69, 9.17) is 0 Å². The number of carbonyl (C=O) groups is 1. The van der Waals surface area contributed by atoms with Gasteiger partial charge in [0.25, 0.3) is 5.91 Å². The van der Waals surface area contributed by atoms with Crippen LogP contribution in [0.25, 0.3) is 0 Å². The first-order valence-electron chi connectivity index (χ1n) is 7.42. The predicted octanol–water partition coefficient (Wildman–Crippen LogP) is 4.21. The van der Waals surface area contributed by atoms with Crippen LogP contribution in [0.2, 0.25) is 0 Å². The number of hydrogen-bond acceptors (Lipinski definition) is 3. The van der Waals surface area contributed by atoms with Crippen molar-refractivity contribution in [1.82, 2.24) is 0 Å². The van der Waals surface area contributed by atoms with E-state index in [9.17, 15) is 14.4 Å². The third-order valence-electron chi connectivity index (χ3n) is 3.51. The van der Waals surface area contributed by atoms with E-state index in [1.807, 2.05) is 39.0 Å². The number of nitrogens with zero attached hydrogens (tertiary/aromatic N) is 1. The maximum Gasteiger partial charge on any atom is 0.267 e. The summed E-state index contributed by atoms with van der Waals surface area (Å²) in [5.41, 5.74) is 4.42. The van der Waals surface area contributed by atoms with Crippen molar-refractivity contribution in [2.45, 2.75) is 20.8 Å². The fraction of sp³-hybridized carbons (Fsp3) is 0.158. The summed E-state index contributed by atoms with van der Waals surface area (Å²) >= 11 is 0. The highest BCUT2D eigenvalue weighted by Gasteiger charge is 2.10. The normalized spacial score (nSPS) is 10.9. The van der Waals surface area contributed by atoms with Gasteiger partial charge >= 0.3 is 0 Å². The average molecular weight is 323 g/mol. The SMILES string of the molecule is Cc1cc(C)c(N/C=C(/C#N)C(=O)Nc2ccc(F)cc2)c(C)c1. The van der Waals surface area contributed by atoms with Gasteiger partial charge in [-0.2, -0.15) is 5.26 Å². The Labute approximate surface area is 140 Å². The van der Waals surface area contributed by atoms with E-state index in [0.717, 1.165) is 22.4 Å². The second-order valence-electron chi connectivity index (χ2n) is 5.55. The van der Waals surface area contributed by atoms with E-state index < -0.39 is 11.7 Å². The molecule has 2 aromatic rings. The largest absolute Gasteiger partial charge is 0.360 e. The minimum Gasteiger partial charge on any atom is -0.360 e. The van der Waals surface area contributed by atoms with Crippen LogP contribution in [-0.2, 0) is 4.79 Å². The summed E-state index contributed by atoms with van der Waals surface area (Å²) < 4.78 is 12.9. The van der Waals surface area contributed by atoms with Crippen LogP contribution in [0, 0.1) is 37.9 Å². The van der Waals surface area contributed by atoms with Crippen LogP contribution < -0.4 is 10.6 Å². The zero-order valence-corrected chi connectivity index (χ0v) is 13.8. The van der Waals surface area contributed by atoms with Crippen LogP contribution in [0.5, 0.6) is 0 Å². The van der Waals surface area contributed by atoms with Crippen LogP contribution in [0.15, 0.2) is 48.2 Å². The van der Waals surface area contributed by atoms with Crippen molar-refractivity contribution < 1.29 is 9.18 Å². The highest BCUT2D eigenvalue weighted by atomic mass is 19.1. The number of anilines is 2. The standard InChI is InChI=1S/C19H18FN3O/c1-12-8-13(2)18(14(3)9-12)22-11-15(10-21)19(24)23-17-6-4-16(20)5-7-17/h4-9,11,22H,1-3H3,(H,23,24)/b15-11-. The molecule has 1 amide bonds. The van der Waals surface area contributed by atoms with Crippen molar-refractivity contribution in [3.8, 4) is 6.07 Å². The average Bonchev–Trinajstić information content (AvgIpc) is 2.52. The number of amides is 1. The number of aryl methyl sites for hydroxylation is 3. The molecule has 0 fully saturated rings. The summed E-state index contributed by atoms with van der Waals surface area (Å²) in [5, 5.41) is 14.8. The highest BCUT2D eigenvalue weighted by Crippen LogP contribution is 2.22. The minimum absolute atomic E-state index is 0.0706. The van der Waals surface area contributed by atoms with E-state index in [0.29, 0.717) is 5.69 Å². The van der Waals surface area contributed by atoms with E-state index in [-0.39, 0.29) is 5.57 Å². The van der Waals surface area contributed by atoms with Gasteiger partial charge in [-0.15, -0.1) is 0 Å². The maximum atomic E-state index is 12.9. The van der Waals surface area contributed by atoms with Crippen molar-refractivity contribution >= 4 is 17.3 Å². The molecule has 0 heterocycles. The van der Waals surface area contributed by atoms with E-state index in [1.165, 1.54) is 30.5 Å². The molecule has 24 heavy (non-hydrogen) atoms. The van der Waals surface area contributed by atoms with Crippen molar-refractivity contribution in [2.75, 3.05) is 10.6 Å². The first-order valence-corrected chi connectivity index (χ1v) is 7.42. The van der Waals surface area contributed by atoms with Gasteiger partial charge in [0.05, 0.1) is 0 Å². The minimum atomic E-state index is -0.556. The lowest BCUT2D eigenvalue weighted by Gasteiger charge is -2.11. The van der Waals surface area contributed by atoms with Gasteiger partial charge in [-0.3, -0.25) is 4.79 Å². The molecule has 0 bridgehead atoms. The number of carbonyl (C=O) groups excluding carboxylic acids is 1. The molecule has 0 unspecified atom stereocenters. The molecular weight excluding hydrogens is 305 g/mol. The Kier molecular flexibility index (Phi) is 5.33. The van der Waals surface area contributed by atoms with Gasteiger partial charge in [-0.05, 0) is 56.2 Å². The Hall–Kier alpha value is -3.13. The summed E-state index contributed by atoms with van der Waals surface area (Å²) in [6, 6.07) is 11.3. The van der Waals surface area contributed by atoms with Crippen LogP contribution in [-0.4, -0.2) is 5.91 Å². The smallest absolute Gasteiger partial charge is 0.267 e. The van der Waals surface area contributed by atoms with Gasteiger partial charge in [0.1, 0.15) is 17.5 Å².